The van der Waals surface area contributed by atoms with Crippen molar-refractivity contribution in [3.8, 4) is 11.1 Å². The molecular formula is C39H34N4. The molecule has 6 rings (SSSR count). The van der Waals surface area contributed by atoms with Gasteiger partial charge in [-0.3, -0.25) is 9.97 Å². The van der Waals surface area contributed by atoms with E-state index in [1.165, 1.54) is 44.1 Å². The molecule has 0 spiro atoms. The summed E-state index contributed by atoms with van der Waals surface area (Å²) in [6, 6.07) is 30.4. The van der Waals surface area contributed by atoms with Crippen LogP contribution in [0.5, 0.6) is 0 Å². The van der Waals surface area contributed by atoms with Crippen molar-refractivity contribution >= 4 is 37.9 Å². The second-order valence-electron chi connectivity index (χ2n) is 10.7. The molecule has 0 fully saturated rings. The van der Waals surface area contributed by atoms with Crippen LogP contribution in [0.15, 0.2) is 140 Å². The molecule has 4 nitrogen and oxygen atoms in total. The Bertz CT molecular complexity index is 2030. The number of benzene rings is 4. The van der Waals surface area contributed by atoms with Crippen LogP contribution >= 0.6 is 0 Å². The number of allylic oxidation sites excluding steroid dienone is 6. The normalized spacial score (nSPS) is 12.5. The van der Waals surface area contributed by atoms with Gasteiger partial charge in [0.2, 0.25) is 0 Å². The first-order chi connectivity index (χ1) is 21.1. The van der Waals surface area contributed by atoms with Crippen molar-refractivity contribution < 1.29 is 0 Å². The van der Waals surface area contributed by atoms with Gasteiger partial charge >= 0.3 is 0 Å². The maximum Gasteiger partial charge on any atom is 0.0441 e. The van der Waals surface area contributed by atoms with Crippen molar-refractivity contribution in [2.24, 2.45) is 11.5 Å². The van der Waals surface area contributed by atoms with Gasteiger partial charge in [-0.15, -0.1) is 0 Å². The van der Waals surface area contributed by atoms with E-state index in [1.807, 2.05) is 42.7 Å². The molecule has 4 N–H and O–H groups in total. The lowest BCUT2D eigenvalue weighted by Crippen LogP contribution is -1.91. The highest BCUT2D eigenvalue weighted by molar-refractivity contribution is 6.26. The zero-order chi connectivity index (χ0) is 29.6. The number of aromatic nitrogens is 2. The highest BCUT2D eigenvalue weighted by Crippen LogP contribution is 2.38. The summed E-state index contributed by atoms with van der Waals surface area (Å²) in [5.41, 5.74) is 19.1. The van der Waals surface area contributed by atoms with E-state index in [2.05, 4.69) is 96.9 Å². The van der Waals surface area contributed by atoms with Crippen LogP contribution in [0.2, 0.25) is 0 Å². The predicted octanol–water partition coefficient (Wildman–Crippen LogP) is 8.58. The Morgan fingerprint density at radius 1 is 0.651 bits per heavy atom. The maximum atomic E-state index is 6.13. The van der Waals surface area contributed by atoms with Crippen LogP contribution in [-0.4, -0.2) is 9.97 Å². The van der Waals surface area contributed by atoms with Crippen molar-refractivity contribution in [3.05, 3.63) is 163 Å². The van der Waals surface area contributed by atoms with E-state index in [4.69, 9.17) is 16.5 Å². The largest absolute Gasteiger partial charge is 0.405 e. The lowest BCUT2D eigenvalue weighted by Gasteiger charge is -2.14. The van der Waals surface area contributed by atoms with Gasteiger partial charge in [0, 0.05) is 48.4 Å². The van der Waals surface area contributed by atoms with Crippen molar-refractivity contribution in [3.63, 3.8) is 0 Å². The number of fused-ring (bicyclic) bond motifs is 6. The molecule has 4 aromatic carbocycles. The van der Waals surface area contributed by atoms with Crippen molar-refractivity contribution in [2.45, 2.75) is 19.8 Å². The van der Waals surface area contributed by atoms with E-state index < -0.39 is 0 Å². The van der Waals surface area contributed by atoms with Gasteiger partial charge in [0.15, 0.2) is 0 Å². The Hall–Kier alpha value is -5.48. The predicted molar refractivity (Wildman–Crippen MR) is 182 cm³/mol. The summed E-state index contributed by atoms with van der Waals surface area (Å²) >= 11 is 0. The van der Waals surface area contributed by atoms with Gasteiger partial charge in [-0.1, -0.05) is 84.5 Å². The quantitative estimate of drug-likeness (QED) is 0.145. The number of aryl methyl sites for hydroxylation is 1. The Balaban J connectivity index is 1.40. The average Bonchev–Trinajstić information content (AvgIpc) is 3.05. The summed E-state index contributed by atoms with van der Waals surface area (Å²) in [4.78, 5) is 9.12. The zero-order valence-corrected chi connectivity index (χ0v) is 24.2. The summed E-state index contributed by atoms with van der Waals surface area (Å²) in [6.45, 7) is 2.15. The third-order valence-corrected chi connectivity index (χ3v) is 7.79. The van der Waals surface area contributed by atoms with E-state index in [0.717, 1.165) is 46.5 Å². The molecule has 210 valence electrons. The first kappa shape index (κ1) is 27.7. The van der Waals surface area contributed by atoms with Crippen molar-refractivity contribution in [1.82, 2.24) is 9.97 Å². The minimum absolute atomic E-state index is 0.753. The van der Waals surface area contributed by atoms with Crippen molar-refractivity contribution in [2.75, 3.05) is 0 Å². The van der Waals surface area contributed by atoms with Crippen LogP contribution in [-0.2, 0) is 12.8 Å². The van der Waals surface area contributed by atoms with Gasteiger partial charge in [0.1, 0.15) is 0 Å². The molecule has 0 radical (unpaired) electrons. The SMILES string of the molecule is Cc1ccc2c(c1)c1cc(C(/C=C\Cc3ccccn3)=C/N)ccc1c1ccc(-c3ccc(C/C=C\C=C/N)nc3)cc12. The molecule has 0 aliphatic rings. The molecule has 43 heavy (non-hydrogen) atoms. The Morgan fingerprint density at radius 3 is 2.14 bits per heavy atom. The summed E-state index contributed by atoms with van der Waals surface area (Å²) in [7, 11) is 0. The zero-order valence-electron chi connectivity index (χ0n) is 24.2. The standard InChI is InChI=1S/C39H34N4/c1-27-12-17-36-37(22-27)39-23-28(30(25-41)8-7-11-32-10-4-6-21-42-32)14-18-35(39)34-19-15-29(24-38(34)36)31-13-16-33(43-26-31)9-3-2-5-20-40/h2-8,10,12-26H,9,11,40-41H2,1H3/b3-2-,8-7-,20-5-,30-25+. The molecule has 0 atom stereocenters. The second kappa shape index (κ2) is 12.6. The topological polar surface area (TPSA) is 77.8 Å². The van der Waals surface area contributed by atoms with Gasteiger partial charge in [-0.05, 0) is 98.5 Å². The number of rotatable bonds is 8. The molecule has 6 aromatic rings. The number of hydrogen-bond acceptors (Lipinski definition) is 4. The molecule has 0 aliphatic carbocycles. The first-order valence-electron chi connectivity index (χ1n) is 14.5. The Labute approximate surface area is 252 Å². The average molecular weight is 559 g/mol. The first-order valence-corrected chi connectivity index (χ1v) is 14.5. The maximum absolute atomic E-state index is 6.13. The van der Waals surface area contributed by atoms with Crippen LogP contribution in [0.4, 0.5) is 0 Å². The molecule has 2 aromatic heterocycles. The van der Waals surface area contributed by atoms with Crippen LogP contribution < -0.4 is 11.5 Å². The number of hydrogen-bond donors (Lipinski definition) is 2. The van der Waals surface area contributed by atoms with Crippen molar-refractivity contribution in [1.29, 1.82) is 0 Å². The molecule has 0 saturated carbocycles. The van der Waals surface area contributed by atoms with Gasteiger partial charge in [-0.25, -0.2) is 0 Å². The second-order valence-corrected chi connectivity index (χ2v) is 10.7. The summed E-state index contributed by atoms with van der Waals surface area (Å²) in [5, 5.41) is 7.38. The Kier molecular flexibility index (Phi) is 8.10. The van der Waals surface area contributed by atoms with Gasteiger partial charge in [0.05, 0.1) is 0 Å². The summed E-state index contributed by atoms with van der Waals surface area (Å²) < 4.78 is 0. The molecular weight excluding hydrogens is 524 g/mol. The lowest BCUT2D eigenvalue weighted by molar-refractivity contribution is 1.11. The molecule has 2 heterocycles. The van der Waals surface area contributed by atoms with Gasteiger partial charge in [0.25, 0.3) is 0 Å². The highest BCUT2D eigenvalue weighted by atomic mass is 14.7. The van der Waals surface area contributed by atoms with E-state index in [0.29, 0.717) is 0 Å². The third kappa shape index (κ3) is 5.95. The molecule has 4 heteroatoms. The highest BCUT2D eigenvalue weighted by Gasteiger charge is 2.12. The fourth-order valence-electron chi connectivity index (χ4n) is 5.60. The minimum Gasteiger partial charge on any atom is -0.405 e. The monoisotopic (exact) mass is 558 g/mol. The molecule has 0 unspecified atom stereocenters. The Morgan fingerprint density at radius 2 is 1.37 bits per heavy atom. The lowest BCUT2D eigenvalue weighted by atomic mass is 9.90. The van der Waals surface area contributed by atoms with Crippen LogP contribution in [0.3, 0.4) is 0 Å². The number of nitrogens with zero attached hydrogens (tertiary/aromatic N) is 2. The summed E-state index contributed by atoms with van der Waals surface area (Å²) in [5.74, 6) is 0. The van der Waals surface area contributed by atoms with Gasteiger partial charge < -0.3 is 11.5 Å². The molecule has 0 saturated heterocycles. The molecule has 0 amide bonds. The summed E-state index contributed by atoms with van der Waals surface area (Å²) in [6.07, 6.45) is 18.5. The smallest absolute Gasteiger partial charge is 0.0441 e. The van der Waals surface area contributed by atoms with E-state index in [-0.39, 0.29) is 0 Å². The minimum atomic E-state index is 0.753. The van der Waals surface area contributed by atoms with Crippen LogP contribution in [0.25, 0.3) is 49.0 Å². The molecule has 0 bridgehead atoms. The van der Waals surface area contributed by atoms with Crippen LogP contribution in [0, 0.1) is 6.92 Å². The van der Waals surface area contributed by atoms with Gasteiger partial charge in [-0.2, -0.15) is 0 Å². The fourth-order valence-corrected chi connectivity index (χ4v) is 5.60. The number of nitrogens with two attached hydrogens (primary N) is 2. The van der Waals surface area contributed by atoms with E-state index in [1.54, 1.807) is 6.20 Å². The third-order valence-electron chi connectivity index (χ3n) is 7.79. The van der Waals surface area contributed by atoms with Crippen LogP contribution in [0.1, 0.15) is 22.5 Å². The van der Waals surface area contributed by atoms with E-state index in [9.17, 15) is 0 Å². The van der Waals surface area contributed by atoms with E-state index >= 15 is 0 Å². The molecule has 0 aliphatic heterocycles. The number of pyridine rings is 2. The fraction of sp³-hybridized carbons (Fsp3) is 0.0769.